The monoisotopic (exact) mass is 260 g/mol. The molecule has 0 atom stereocenters. The highest BCUT2D eigenvalue weighted by Gasteiger charge is 2.13. The van der Waals surface area contributed by atoms with Gasteiger partial charge in [0.15, 0.2) is 11.6 Å². The van der Waals surface area contributed by atoms with Crippen LogP contribution in [0, 0.1) is 11.6 Å². The van der Waals surface area contributed by atoms with Crippen LogP contribution in [0.3, 0.4) is 0 Å². The first kappa shape index (κ1) is 11.4. The van der Waals surface area contributed by atoms with Crippen LogP contribution in [0.25, 0.3) is 23.0 Å². The summed E-state index contributed by atoms with van der Waals surface area (Å²) in [4.78, 5) is 11.9. The van der Waals surface area contributed by atoms with E-state index < -0.39 is 11.6 Å². The van der Waals surface area contributed by atoms with Crippen molar-refractivity contribution in [3.63, 3.8) is 0 Å². The largest absolute Gasteiger partial charge is 0.334 e. The van der Waals surface area contributed by atoms with Gasteiger partial charge in [-0.3, -0.25) is 4.98 Å². The molecule has 0 amide bonds. The molecule has 3 rings (SSSR count). The summed E-state index contributed by atoms with van der Waals surface area (Å²) in [6.07, 6.45) is 4.47. The van der Waals surface area contributed by atoms with Gasteiger partial charge in [0.05, 0.1) is 6.20 Å². The van der Waals surface area contributed by atoms with Crippen LogP contribution in [0.5, 0.6) is 0 Å². The van der Waals surface area contributed by atoms with E-state index in [4.69, 9.17) is 4.52 Å². The maximum atomic E-state index is 13.1. The van der Waals surface area contributed by atoms with Crippen molar-refractivity contribution in [1.82, 2.24) is 20.1 Å². The van der Waals surface area contributed by atoms with E-state index >= 15 is 0 Å². The highest BCUT2D eigenvalue weighted by molar-refractivity contribution is 5.56. The van der Waals surface area contributed by atoms with Gasteiger partial charge in [-0.2, -0.15) is 4.98 Å². The summed E-state index contributed by atoms with van der Waals surface area (Å²) in [7, 11) is 0. The molecule has 19 heavy (non-hydrogen) atoms. The third-order valence-electron chi connectivity index (χ3n) is 2.38. The Labute approximate surface area is 106 Å². The molecule has 0 fully saturated rings. The SMILES string of the molecule is Fc1ccc(-c2nc(-c3cnccn3)no2)cc1F. The molecule has 1 aromatic carbocycles. The Morgan fingerprint density at radius 2 is 1.95 bits per heavy atom. The van der Waals surface area contributed by atoms with E-state index in [0.29, 0.717) is 11.3 Å². The van der Waals surface area contributed by atoms with E-state index in [1.807, 2.05) is 0 Å². The molecule has 0 aliphatic rings. The molecule has 0 radical (unpaired) electrons. The van der Waals surface area contributed by atoms with Crippen molar-refractivity contribution in [1.29, 1.82) is 0 Å². The van der Waals surface area contributed by atoms with E-state index in [1.165, 1.54) is 24.7 Å². The van der Waals surface area contributed by atoms with Crippen LogP contribution >= 0.6 is 0 Å². The molecule has 0 N–H and O–H groups in total. The predicted molar refractivity (Wildman–Crippen MR) is 60.7 cm³/mol. The molecule has 0 unspecified atom stereocenters. The van der Waals surface area contributed by atoms with E-state index in [2.05, 4.69) is 20.1 Å². The fourth-order valence-corrected chi connectivity index (χ4v) is 1.49. The molecule has 0 bridgehead atoms. The summed E-state index contributed by atoms with van der Waals surface area (Å²) in [5.41, 5.74) is 0.724. The zero-order valence-corrected chi connectivity index (χ0v) is 9.42. The highest BCUT2D eigenvalue weighted by Crippen LogP contribution is 2.22. The fraction of sp³-hybridized carbons (Fsp3) is 0. The second-order valence-corrected chi connectivity index (χ2v) is 3.64. The lowest BCUT2D eigenvalue weighted by Gasteiger charge is -1.95. The van der Waals surface area contributed by atoms with Gasteiger partial charge in [-0.15, -0.1) is 0 Å². The first-order chi connectivity index (χ1) is 9.24. The molecule has 0 aliphatic carbocycles. The van der Waals surface area contributed by atoms with Gasteiger partial charge < -0.3 is 4.52 Å². The summed E-state index contributed by atoms with van der Waals surface area (Å²) in [6, 6.07) is 3.34. The van der Waals surface area contributed by atoms with Gasteiger partial charge >= 0.3 is 0 Å². The van der Waals surface area contributed by atoms with E-state index in [9.17, 15) is 8.78 Å². The molecule has 2 heterocycles. The van der Waals surface area contributed by atoms with Crippen molar-refractivity contribution in [3.05, 3.63) is 48.4 Å². The minimum absolute atomic E-state index is 0.0829. The average molecular weight is 260 g/mol. The van der Waals surface area contributed by atoms with Crippen LogP contribution in [0.2, 0.25) is 0 Å². The van der Waals surface area contributed by atoms with Crippen molar-refractivity contribution in [3.8, 4) is 23.0 Å². The third kappa shape index (κ3) is 2.17. The fourth-order valence-electron chi connectivity index (χ4n) is 1.49. The van der Waals surface area contributed by atoms with Crippen LogP contribution in [0.1, 0.15) is 0 Å². The Bertz CT molecular complexity index is 715. The number of rotatable bonds is 2. The summed E-state index contributed by atoms with van der Waals surface area (Å²) in [6.45, 7) is 0. The van der Waals surface area contributed by atoms with Crippen LogP contribution < -0.4 is 0 Å². The van der Waals surface area contributed by atoms with Crippen molar-refractivity contribution >= 4 is 0 Å². The first-order valence-corrected chi connectivity index (χ1v) is 5.29. The minimum Gasteiger partial charge on any atom is -0.334 e. The van der Waals surface area contributed by atoms with Gasteiger partial charge in [-0.25, -0.2) is 13.8 Å². The minimum atomic E-state index is -0.975. The summed E-state index contributed by atoms with van der Waals surface area (Å²) in [5, 5.41) is 3.71. The lowest BCUT2D eigenvalue weighted by atomic mass is 10.2. The van der Waals surface area contributed by atoms with Crippen molar-refractivity contribution < 1.29 is 13.3 Å². The Balaban J connectivity index is 1.99. The molecule has 94 valence electrons. The smallest absolute Gasteiger partial charge is 0.258 e. The first-order valence-electron chi connectivity index (χ1n) is 5.29. The Morgan fingerprint density at radius 3 is 2.68 bits per heavy atom. The molecule has 0 saturated heterocycles. The number of hydrogen-bond acceptors (Lipinski definition) is 5. The Morgan fingerprint density at radius 1 is 1.05 bits per heavy atom. The zero-order valence-electron chi connectivity index (χ0n) is 9.42. The molecule has 0 saturated carbocycles. The standard InChI is InChI=1S/C12H6F2N4O/c13-8-2-1-7(5-9(8)14)12-17-11(18-19-12)10-6-15-3-4-16-10/h1-6H. The number of aromatic nitrogens is 4. The number of halogens is 2. The predicted octanol–water partition coefficient (Wildman–Crippen LogP) is 2.47. The van der Waals surface area contributed by atoms with Crippen LogP contribution in [0.15, 0.2) is 41.3 Å². The second kappa shape index (κ2) is 4.52. The number of hydrogen-bond donors (Lipinski definition) is 0. The highest BCUT2D eigenvalue weighted by atomic mass is 19.2. The summed E-state index contributed by atoms with van der Waals surface area (Å²) < 4.78 is 30.9. The topological polar surface area (TPSA) is 64.7 Å². The third-order valence-corrected chi connectivity index (χ3v) is 2.38. The molecular formula is C12H6F2N4O. The Hall–Kier alpha value is -2.70. The molecular weight excluding hydrogens is 254 g/mol. The van der Waals surface area contributed by atoms with Crippen molar-refractivity contribution in [2.75, 3.05) is 0 Å². The van der Waals surface area contributed by atoms with Crippen LogP contribution in [-0.4, -0.2) is 20.1 Å². The maximum absolute atomic E-state index is 13.1. The summed E-state index contributed by atoms with van der Waals surface area (Å²) >= 11 is 0. The molecule has 2 aromatic heterocycles. The van der Waals surface area contributed by atoms with Gasteiger partial charge in [0.1, 0.15) is 5.69 Å². The molecule has 5 nitrogen and oxygen atoms in total. The van der Waals surface area contributed by atoms with Gasteiger partial charge in [-0.05, 0) is 18.2 Å². The van der Waals surface area contributed by atoms with Crippen molar-refractivity contribution in [2.24, 2.45) is 0 Å². The molecule has 7 heteroatoms. The van der Waals surface area contributed by atoms with E-state index in [1.54, 1.807) is 0 Å². The van der Waals surface area contributed by atoms with Crippen molar-refractivity contribution in [2.45, 2.75) is 0 Å². The lowest BCUT2D eigenvalue weighted by Crippen LogP contribution is -1.87. The zero-order chi connectivity index (χ0) is 13.2. The molecule has 0 spiro atoms. The average Bonchev–Trinajstić information content (AvgIpc) is 2.93. The molecule has 0 aliphatic heterocycles. The van der Waals surface area contributed by atoms with E-state index in [-0.39, 0.29) is 11.7 Å². The van der Waals surface area contributed by atoms with Gasteiger partial charge in [0, 0.05) is 18.0 Å². The second-order valence-electron chi connectivity index (χ2n) is 3.64. The lowest BCUT2D eigenvalue weighted by molar-refractivity contribution is 0.431. The normalized spacial score (nSPS) is 10.6. The quantitative estimate of drug-likeness (QED) is 0.708. The number of nitrogens with zero attached hydrogens (tertiary/aromatic N) is 4. The van der Waals surface area contributed by atoms with E-state index in [0.717, 1.165) is 12.1 Å². The van der Waals surface area contributed by atoms with Gasteiger partial charge in [0.25, 0.3) is 5.89 Å². The van der Waals surface area contributed by atoms with Crippen LogP contribution in [-0.2, 0) is 0 Å². The van der Waals surface area contributed by atoms with Gasteiger partial charge in [0.2, 0.25) is 5.82 Å². The summed E-state index contributed by atoms with van der Waals surface area (Å²) in [5.74, 6) is -1.60. The van der Waals surface area contributed by atoms with Gasteiger partial charge in [-0.1, -0.05) is 5.16 Å². The van der Waals surface area contributed by atoms with Crippen LogP contribution in [0.4, 0.5) is 8.78 Å². The molecule has 3 aromatic rings. The Kier molecular flexibility index (Phi) is 2.71. The maximum Gasteiger partial charge on any atom is 0.258 e. The number of benzene rings is 1.